The number of ether oxygens (including phenoxy) is 3. The zero-order chi connectivity index (χ0) is 30.3. The third-order valence-electron chi connectivity index (χ3n) is 7.53. The van der Waals surface area contributed by atoms with Crippen LogP contribution in [-0.4, -0.2) is 92.7 Å². The maximum absolute atomic E-state index is 13.8. The predicted molar refractivity (Wildman–Crippen MR) is 155 cm³/mol. The molecule has 0 spiro atoms. The maximum atomic E-state index is 13.8. The Morgan fingerprint density at radius 1 is 0.952 bits per heavy atom. The van der Waals surface area contributed by atoms with Gasteiger partial charge in [-0.1, -0.05) is 42.0 Å². The molecule has 0 saturated carbocycles. The van der Waals surface area contributed by atoms with E-state index in [2.05, 4.69) is 16.0 Å². The highest BCUT2D eigenvalue weighted by Crippen LogP contribution is 2.33. The minimum absolute atomic E-state index is 0.151. The van der Waals surface area contributed by atoms with Crippen LogP contribution < -0.4 is 20.7 Å². The third-order valence-corrected chi connectivity index (χ3v) is 7.53. The van der Waals surface area contributed by atoms with E-state index in [-0.39, 0.29) is 31.3 Å². The van der Waals surface area contributed by atoms with Crippen LogP contribution in [0.4, 0.5) is 0 Å². The molecule has 0 aliphatic carbocycles. The van der Waals surface area contributed by atoms with Crippen LogP contribution in [0.25, 0.3) is 0 Å². The molecule has 2 heterocycles. The number of carbonyl (C=O) groups is 4. The van der Waals surface area contributed by atoms with Gasteiger partial charge in [0.1, 0.15) is 29.5 Å². The summed E-state index contributed by atoms with van der Waals surface area (Å²) in [5, 5.41) is 8.37. The molecule has 2 aliphatic rings. The van der Waals surface area contributed by atoms with Crippen LogP contribution in [0.3, 0.4) is 0 Å². The Balaban J connectivity index is 1.49. The first-order valence-electron chi connectivity index (χ1n) is 14.2. The van der Waals surface area contributed by atoms with Gasteiger partial charge in [0.15, 0.2) is 5.78 Å². The first kappa shape index (κ1) is 31.1. The molecule has 3 amide bonds. The van der Waals surface area contributed by atoms with Gasteiger partial charge in [-0.3, -0.25) is 24.1 Å². The number of carbonyl (C=O) groups excluding carboxylic acids is 4. The molecule has 2 aromatic rings. The number of morpholine rings is 1. The normalized spacial score (nSPS) is 20.5. The van der Waals surface area contributed by atoms with Crippen molar-refractivity contribution in [2.75, 3.05) is 46.6 Å². The standard InChI is InChI=1S/C31H40N4O7/c1-20-5-9-23(10-6-20)27(28(37)31(3)19-42-31)34-30(39)25(17-22-7-11-24(40-4)12-8-22)33-29(38)21(2)32-26(36)18-35-13-15-41-16-14-35/h5-12,21,25,27H,13-19H2,1-4H3,(H,32,36)(H,33,38)(H,34,39). The minimum atomic E-state index is -1.03. The van der Waals surface area contributed by atoms with Gasteiger partial charge in [0.2, 0.25) is 17.7 Å². The van der Waals surface area contributed by atoms with Gasteiger partial charge in [0.05, 0.1) is 33.5 Å². The summed E-state index contributed by atoms with van der Waals surface area (Å²) in [6, 6.07) is 11.6. The summed E-state index contributed by atoms with van der Waals surface area (Å²) in [7, 11) is 1.56. The van der Waals surface area contributed by atoms with Crippen LogP contribution >= 0.6 is 0 Å². The second kappa shape index (κ2) is 13.9. The van der Waals surface area contributed by atoms with Crippen molar-refractivity contribution < 1.29 is 33.4 Å². The topological polar surface area (TPSA) is 139 Å². The van der Waals surface area contributed by atoms with Crippen molar-refractivity contribution in [3.8, 4) is 5.75 Å². The number of rotatable bonds is 13. The molecule has 0 bridgehead atoms. The maximum Gasteiger partial charge on any atom is 0.243 e. The SMILES string of the molecule is COc1ccc(CC(NC(=O)C(C)NC(=O)CN2CCOCC2)C(=O)NC(C(=O)C2(C)CO2)c2ccc(C)cc2)cc1. The second-order valence-electron chi connectivity index (χ2n) is 11.0. The number of aryl methyl sites for hydroxylation is 1. The fourth-order valence-corrected chi connectivity index (χ4v) is 4.68. The van der Waals surface area contributed by atoms with E-state index in [1.54, 1.807) is 57.4 Å². The largest absolute Gasteiger partial charge is 0.497 e. The molecular weight excluding hydrogens is 540 g/mol. The van der Waals surface area contributed by atoms with Crippen LogP contribution in [0.2, 0.25) is 0 Å². The molecule has 0 aromatic heterocycles. The number of nitrogens with one attached hydrogen (secondary N) is 3. The molecule has 4 rings (SSSR count). The lowest BCUT2D eigenvalue weighted by atomic mass is 9.93. The Morgan fingerprint density at radius 3 is 2.19 bits per heavy atom. The van der Waals surface area contributed by atoms with E-state index < -0.39 is 35.5 Å². The Kier molecular flexibility index (Phi) is 10.3. The quantitative estimate of drug-likeness (QED) is 0.299. The molecule has 0 radical (unpaired) electrons. The summed E-state index contributed by atoms with van der Waals surface area (Å²) in [4.78, 5) is 54.9. The number of hydrogen-bond donors (Lipinski definition) is 3. The highest BCUT2D eigenvalue weighted by Gasteiger charge is 2.50. The van der Waals surface area contributed by atoms with Crippen LogP contribution in [0.5, 0.6) is 5.75 Å². The summed E-state index contributed by atoms with van der Waals surface area (Å²) in [6.07, 6.45) is 0.151. The lowest BCUT2D eigenvalue weighted by Crippen LogP contribution is -2.55. The molecule has 4 atom stereocenters. The fourth-order valence-electron chi connectivity index (χ4n) is 4.68. The first-order valence-corrected chi connectivity index (χ1v) is 14.2. The molecular formula is C31H40N4O7. The van der Waals surface area contributed by atoms with Crippen molar-refractivity contribution in [2.45, 2.75) is 50.9 Å². The van der Waals surface area contributed by atoms with Crippen LogP contribution in [0, 0.1) is 6.92 Å². The van der Waals surface area contributed by atoms with Gasteiger partial charge in [0, 0.05) is 19.5 Å². The highest BCUT2D eigenvalue weighted by molar-refractivity contribution is 5.99. The smallest absolute Gasteiger partial charge is 0.243 e. The van der Waals surface area contributed by atoms with Crippen molar-refractivity contribution in [3.05, 3.63) is 65.2 Å². The minimum Gasteiger partial charge on any atom is -0.497 e. The zero-order valence-electron chi connectivity index (χ0n) is 24.6. The Labute approximate surface area is 246 Å². The molecule has 2 aliphatic heterocycles. The molecule has 11 heteroatoms. The van der Waals surface area contributed by atoms with Crippen molar-refractivity contribution in [2.24, 2.45) is 0 Å². The fraction of sp³-hybridized carbons (Fsp3) is 0.484. The summed E-state index contributed by atoms with van der Waals surface area (Å²) < 4.78 is 15.9. The average molecular weight is 581 g/mol. The number of amides is 3. The van der Waals surface area contributed by atoms with Gasteiger partial charge in [-0.25, -0.2) is 0 Å². The number of ketones is 1. The zero-order valence-corrected chi connectivity index (χ0v) is 24.6. The predicted octanol–water partition coefficient (Wildman–Crippen LogP) is 1.08. The number of hydrogen-bond acceptors (Lipinski definition) is 8. The lowest BCUT2D eigenvalue weighted by molar-refractivity contribution is -0.134. The van der Waals surface area contributed by atoms with Crippen molar-refractivity contribution in [3.63, 3.8) is 0 Å². The van der Waals surface area contributed by atoms with Crippen LogP contribution in [-0.2, 0) is 35.1 Å². The molecule has 2 fully saturated rings. The Hall–Kier alpha value is -3.80. The molecule has 2 aromatic carbocycles. The van der Waals surface area contributed by atoms with Crippen molar-refractivity contribution in [1.82, 2.24) is 20.9 Å². The lowest BCUT2D eigenvalue weighted by Gasteiger charge is -2.27. The molecule has 226 valence electrons. The van der Waals surface area contributed by atoms with E-state index in [1.807, 2.05) is 24.0 Å². The first-order chi connectivity index (χ1) is 20.1. The van der Waals surface area contributed by atoms with E-state index in [4.69, 9.17) is 14.2 Å². The van der Waals surface area contributed by atoms with Gasteiger partial charge in [-0.05, 0) is 44.0 Å². The van der Waals surface area contributed by atoms with E-state index >= 15 is 0 Å². The van der Waals surface area contributed by atoms with Gasteiger partial charge in [0.25, 0.3) is 0 Å². The number of Topliss-reactive ketones (excluding diaryl/α,β-unsaturated/α-hetero) is 1. The number of benzene rings is 2. The van der Waals surface area contributed by atoms with Crippen LogP contribution in [0.1, 0.15) is 36.6 Å². The monoisotopic (exact) mass is 580 g/mol. The van der Waals surface area contributed by atoms with Gasteiger partial charge in [-0.2, -0.15) is 0 Å². The molecule has 2 saturated heterocycles. The Bertz CT molecular complexity index is 1260. The molecule has 4 unspecified atom stereocenters. The molecule has 11 nitrogen and oxygen atoms in total. The van der Waals surface area contributed by atoms with Gasteiger partial charge >= 0.3 is 0 Å². The molecule has 42 heavy (non-hydrogen) atoms. The summed E-state index contributed by atoms with van der Waals surface area (Å²) in [6.45, 7) is 8.03. The summed E-state index contributed by atoms with van der Waals surface area (Å²) in [5.41, 5.74) is 1.43. The van der Waals surface area contributed by atoms with E-state index in [9.17, 15) is 19.2 Å². The number of nitrogens with zero attached hydrogens (tertiary/aromatic N) is 1. The van der Waals surface area contributed by atoms with Gasteiger partial charge in [-0.15, -0.1) is 0 Å². The van der Waals surface area contributed by atoms with E-state index in [0.29, 0.717) is 37.6 Å². The average Bonchev–Trinajstić information content (AvgIpc) is 3.74. The van der Waals surface area contributed by atoms with E-state index in [1.165, 1.54) is 0 Å². The number of epoxide rings is 1. The van der Waals surface area contributed by atoms with E-state index in [0.717, 1.165) is 11.1 Å². The van der Waals surface area contributed by atoms with Crippen molar-refractivity contribution >= 4 is 23.5 Å². The summed E-state index contributed by atoms with van der Waals surface area (Å²) >= 11 is 0. The second-order valence-corrected chi connectivity index (χ2v) is 11.0. The molecule has 3 N–H and O–H groups in total. The summed E-state index contributed by atoms with van der Waals surface area (Å²) in [5.74, 6) is -0.955. The van der Waals surface area contributed by atoms with Crippen molar-refractivity contribution in [1.29, 1.82) is 0 Å². The highest BCUT2D eigenvalue weighted by atomic mass is 16.6. The number of methoxy groups -OCH3 is 1. The third kappa shape index (κ3) is 8.37. The van der Waals surface area contributed by atoms with Crippen LogP contribution in [0.15, 0.2) is 48.5 Å². The van der Waals surface area contributed by atoms with Gasteiger partial charge < -0.3 is 30.2 Å². The Morgan fingerprint density at radius 2 is 1.60 bits per heavy atom.